The van der Waals surface area contributed by atoms with E-state index in [4.69, 9.17) is 9.47 Å². The highest BCUT2D eigenvalue weighted by Gasteiger charge is 2.34. The topological polar surface area (TPSA) is 84.9 Å². The van der Waals surface area contributed by atoms with E-state index >= 15 is 0 Å². The maximum atomic E-state index is 13.1. The number of aryl methyl sites for hydroxylation is 1. The number of carbonyl (C=O) groups is 1. The average Bonchev–Trinajstić information content (AvgIpc) is 2.77. The molecule has 160 valence electrons. The summed E-state index contributed by atoms with van der Waals surface area (Å²) >= 11 is 0. The molecule has 0 saturated carbocycles. The van der Waals surface area contributed by atoms with E-state index in [1.54, 1.807) is 68.6 Å². The highest BCUT2D eigenvalue weighted by atomic mass is 32.2. The van der Waals surface area contributed by atoms with Gasteiger partial charge in [-0.3, -0.25) is 9.10 Å². The van der Waals surface area contributed by atoms with Gasteiger partial charge in [-0.25, -0.2) is 8.42 Å². The largest absolute Gasteiger partial charge is 0.497 e. The minimum absolute atomic E-state index is 0.221. The summed E-state index contributed by atoms with van der Waals surface area (Å²) in [4.78, 5) is 13.3. The van der Waals surface area contributed by atoms with Crippen LogP contribution in [-0.2, 0) is 10.0 Å². The first-order valence-electron chi connectivity index (χ1n) is 9.54. The SMILES string of the molecule is COc1ccc(NC(=O)c2cc(C)c3c(c2)-c2ccccc2S(=O)(=O)N3C)c(OC)c1. The maximum Gasteiger partial charge on any atom is 0.264 e. The van der Waals surface area contributed by atoms with Crippen molar-refractivity contribution < 1.29 is 22.7 Å². The first-order chi connectivity index (χ1) is 14.8. The van der Waals surface area contributed by atoms with Gasteiger partial charge in [0.1, 0.15) is 11.5 Å². The minimum atomic E-state index is -3.65. The van der Waals surface area contributed by atoms with Crippen LogP contribution in [0.2, 0.25) is 0 Å². The van der Waals surface area contributed by atoms with Crippen molar-refractivity contribution in [2.45, 2.75) is 11.8 Å². The summed E-state index contributed by atoms with van der Waals surface area (Å²) < 4.78 is 37.7. The molecule has 1 amide bonds. The Morgan fingerprint density at radius 1 is 0.968 bits per heavy atom. The van der Waals surface area contributed by atoms with Gasteiger partial charge < -0.3 is 14.8 Å². The van der Waals surface area contributed by atoms with E-state index in [-0.39, 0.29) is 10.8 Å². The Labute approximate surface area is 181 Å². The highest BCUT2D eigenvalue weighted by Crippen LogP contribution is 2.44. The third-order valence-corrected chi connectivity index (χ3v) is 7.17. The van der Waals surface area contributed by atoms with Gasteiger partial charge in [-0.05, 0) is 42.8 Å². The van der Waals surface area contributed by atoms with Crippen LogP contribution in [0, 0.1) is 6.92 Å². The number of carbonyl (C=O) groups excluding carboxylic acids is 1. The number of fused-ring (bicyclic) bond motifs is 3. The fourth-order valence-corrected chi connectivity index (χ4v) is 5.30. The van der Waals surface area contributed by atoms with E-state index in [1.807, 2.05) is 0 Å². The molecule has 3 aromatic carbocycles. The van der Waals surface area contributed by atoms with Crippen molar-refractivity contribution in [3.63, 3.8) is 0 Å². The Bertz CT molecular complexity index is 1300. The summed E-state index contributed by atoms with van der Waals surface area (Å²) in [5, 5.41) is 2.86. The highest BCUT2D eigenvalue weighted by molar-refractivity contribution is 7.93. The molecule has 4 rings (SSSR count). The Kier molecular flexibility index (Phi) is 5.10. The molecule has 31 heavy (non-hydrogen) atoms. The zero-order valence-electron chi connectivity index (χ0n) is 17.6. The molecule has 0 aromatic heterocycles. The second-order valence-electron chi connectivity index (χ2n) is 7.18. The smallest absolute Gasteiger partial charge is 0.264 e. The molecule has 0 aliphatic carbocycles. The van der Waals surface area contributed by atoms with Gasteiger partial charge in [0.25, 0.3) is 15.9 Å². The Balaban J connectivity index is 1.79. The molecule has 0 atom stereocenters. The molecule has 3 aromatic rings. The lowest BCUT2D eigenvalue weighted by Gasteiger charge is -2.31. The van der Waals surface area contributed by atoms with E-state index in [2.05, 4.69) is 5.32 Å². The molecular weight excluding hydrogens is 416 g/mol. The first-order valence-corrected chi connectivity index (χ1v) is 11.0. The van der Waals surface area contributed by atoms with E-state index < -0.39 is 10.0 Å². The number of methoxy groups -OCH3 is 2. The number of nitrogens with one attached hydrogen (secondary N) is 1. The van der Waals surface area contributed by atoms with E-state index in [0.29, 0.717) is 45.1 Å². The number of sulfonamides is 1. The van der Waals surface area contributed by atoms with Crippen LogP contribution in [0.3, 0.4) is 0 Å². The molecular formula is C23H22N2O5S. The van der Waals surface area contributed by atoms with Crippen molar-refractivity contribution in [3.05, 3.63) is 65.7 Å². The zero-order chi connectivity index (χ0) is 22.3. The van der Waals surface area contributed by atoms with Gasteiger partial charge in [-0.1, -0.05) is 18.2 Å². The Morgan fingerprint density at radius 3 is 2.42 bits per heavy atom. The van der Waals surface area contributed by atoms with Crippen molar-refractivity contribution >= 4 is 27.3 Å². The number of amides is 1. The van der Waals surface area contributed by atoms with Gasteiger partial charge in [-0.2, -0.15) is 0 Å². The number of rotatable bonds is 4. The summed E-state index contributed by atoms with van der Waals surface area (Å²) in [6.07, 6.45) is 0. The number of hydrogen-bond donors (Lipinski definition) is 1. The van der Waals surface area contributed by atoms with Crippen LogP contribution in [0.5, 0.6) is 11.5 Å². The molecule has 0 saturated heterocycles. The van der Waals surface area contributed by atoms with Crippen LogP contribution in [0.4, 0.5) is 11.4 Å². The normalized spacial score (nSPS) is 13.7. The minimum Gasteiger partial charge on any atom is -0.497 e. The number of benzene rings is 3. The van der Waals surface area contributed by atoms with Crippen molar-refractivity contribution in [2.75, 3.05) is 30.9 Å². The van der Waals surface area contributed by atoms with E-state index in [0.717, 1.165) is 0 Å². The van der Waals surface area contributed by atoms with E-state index in [1.165, 1.54) is 18.5 Å². The van der Waals surface area contributed by atoms with Crippen LogP contribution in [0.25, 0.3) is 11.1 Å². The lowest BCUT2D eigenvalue weighted by Crippen LogP contribution is -2.31. The third kappa shape index (κ3) is 3.38. The summed E-state index contributed by atoms with van der Waals surface area (Å²) in [6.45, 7) is 1.80. The standard InChI is InChI=1S/C23H22N2O5S/c1-14-11-15(23(26)24-19-10-9-16(29-3)13-20(19)30-4)12-18-17-7-5-6-8-21(17)31(27,28)25(2)22(14)18/h5-13H,1-4H3,(H,24,26). The summed E-state index contributed by atoms with van der Waals surface area (Å²) in [5.74, 6) is 0.752. The summed E-state index contributed by atoms with van der Waals surface area (Å²) in [5.41, 5.74) is 3.44. The predicted molar refractivity (Wildman–Crippen MR) is 120 cm³/mol. The van der Waals surface area contributed by atoms with Gasteiger partial charge >= 0.3 is 0 Å². The van der Waals surface area contributed by atoms with Crippen LogP contribution in [0.1, 0.15) is 15.9 Å². The molecule has 0 spiro atoms. The number of nitrogens with zero attached hydrogens (tertiary/aromatic N) is 1. The van der Waals surface area contributed by atoms with E-state index in [9.17, 15) is 13.2 Å². The van der Waals surface area contributed by atoms with Crippen molar-refractivity contribution in [1.82, 2.24) is 0 Å². The Hall–Kier alpha value is -3.52. The Morgan fingerprint density at radius 2 is 1.71 bits per heavy atom. The summed E-state index contributed by atoms with van der Waals surface area (Å²) in [7, 11) is 0.945. The lowest BCUT2D eigenvalue weighted by molar-refractivity contribution is 0.102. The van der Waals surface area contributed by atoms with Gasteiger partial charge in [0, 0.05) is 29.8 Å². The molecule has 8 heteroatoms. The molecule has 7 nitrogen and oxygen atoms in total. The second kappa shape index (κ2) is 7.63. The fourth-order valence-electron chi connectivity index (χ4n) is 3.81. The van der Waals surface area contributed by atoms with Crippen LogP contribution < -0.4 is 19.1 Å². The van der Waals surface area contributed by atoms with Crippen LogP contribution >= 0.6 is 0 Å². The monoisotopic (exact) mass is 438 g/mol. The van der Waals surface area contributed by atoms with Crippen LogP contribution in [0.15, 0.2) is 59.5 Å². The third-order valence-electron chi connectivity index (χ3n) is 5.35. The molecule has 0 bridgehead atoms. The molecule has 0 fully saturated rings. The van der Waals surface area contributed by atoms with Gasteiger partial charge in [-0.15, -0.1) is 0 Å². The van der Waals surface area contributed by atoms with Crippen molar-refractivity contribution in [3.8, 4) is 22.6 Å². The van der Waals surface area contributed by atoms with Crippen LogP contribution in [-0.4, -0.2) is 35.6 Å². The fraction of sp³-hybridized carbons (Fsp3) is 0.174. The number of hydrogen-bond acceptors (Lipinski definition) is 5. The molecule has 0 radical (unpaired) electrons. The maximum absolute atomic E-state index is 13.1. The molecule has 1 aliphatic heterocycles. The first kappa shape index (κ1) is 20.7. The molecule has 0 unspecified atom stereocenters. The summed E-state index contributed by atoms with van der Waals surface area (Å²) in [6, 6.07) is 15.3. The number of ether oxygens (including phenoxy) is 2. The van der Waals surface area contributed by atoms with Crippen molar-refractivity contribution in [2.24, 2.45) is 0 Å². The zero-order valence-corrected chi connectivity index (χ0v) is 18.4. The lowest BCUT2D eigenvalue weighted by atomic mass is 9.96. The average molecular weight is 439 g/mol. The second-order valence-corrected chi connectivity index (χ2v) is 9.12. The van der Waals surface area contributed by atoms with Crippen molar-refractivity contribution in [1.29, 1.82) is 0 Å². The molecule has 1 N–H and O–H groups in total. The molecule has 1 heterocycles. The number of anilines is 2. The van der Waals surface area contributed by atoms with Gasteiger partial charge in [0.15, 0.2) is 0 Å². The quantitative estimate of drug-likeness (QED) is 0.664. The predicted octanol–water partition coefficient (Wildman–Crippen LogP) is 4.07. The van der Waals surface area contributed by atoms with Gasteiger partial charge in [0.05, 0.1) is 30.5 Å². The molecule has 1 aliphatic rings. The van der Waals surface area contributed by atoms with Gasteiger partial charge in [0.2, 0.25) is 0 Å².